The van der Waals surface area contributed by atoms with Crippen LogP contribution in [0.25, 0.3) is 0 Å². The van der Waals surface area contributed by atoms with Crippen LogP contribution in [-0.2, 0) is 6.42 Å². The highest BCUT2D eigenvalue weighted by Gasteiger charge is 2.07. The number of hydrogen-bond acceptors (Lipinski definition) is 1. The van der Waals surface area contributed by atoms with Crippen molar-refractivity contribution >= 4 is 0 Å². The van der Waals surface area contributed by atoms with E-state index in [1.165, 1.54) is 17.7 Å². The lowest BCUT2D eigenvalue weighted by molar-refractivity contribution is 0.618. The molecule has 2 aromatic carbocycles. The molecule has 82 valence electrons. The van der Waals surface area contributed by atoms with E-state index in [-0.39, 0.29) is 11.9 Å². The predicted molar refractivity (Wildman–Crippen MR) is 63.5 cm³/mol. The maximum absolute atomic E-state index is 13.0. The smallest absolute Gasteiger partial charge is 0.123 e. The summed E-state index contributed by atoms with van der Waals surface area (Å²) in [6.07, 6.45) is 0.726. The average Bonchev–Trinajstić information content (AvgIpc) is 2.30. The Hall–Kier alpha value is -1.67. The Balaban J connectivity index is 2.12. The van der Waals surface area contributed by atoms with Gasteiger partial charge in [-0.15, -0.1) is 0 Å². The van der Waals surface area contributed by atoms with Crippen LogP contribution in [0, 0.1) is 5.82 Å². The van der Waals surface area contributed by atoms with Crippen LogP contribution in [0.3, 0.4) is 0 Å². The van der Waals surface area contributed by atoms with Crippen LogP contribution in [0.15, 0.2) is 54.6 Å². The molecule has 0 saturated carbocycles. The van der Waals surface area contributed by atoms with Gasteiger partial charge in [-0.3, -0.25) is 0 Å². The van der Waals surface area contributed by atoms with Crippen molar-refractivity contribution in [1.29, 1.82) is 0 Å². The van der Waals surface area contributed by atoms with Crippen molar-refractivity contribution < 1.29 is 4.39 Å². The lowest BCUT2D eigenvalue weighted by Crippen LogP contribution is -2.13. The molecular weight excluding hydrogens is 201 g/mol. The minimum atomic E-state index is -0.235. The molecule has 0 heterocycles. The van der Waals surface area contributed by atoms with Crippen molar-refractivity contribution in [2.24, 2.45) is 5.73 Å². The fourth-order valence-electron chi connectivity index (χ4n) is 1.72. The molecule has 0 aliphatic rings. The second kappa shape index (κ2) is 4.90. The highest BCUT2D eigenvalue weighted by molar-refractivity contribution is 5.23. The molecule has 0 amide bonds. The molecule has 0 aliphatic heterocycles. The summed E-state index contributed by atoms with van der Waals surface area (Å²) < 4.78 is 13.0. The summed E-state index contributed by atoms with van der Waals surface area (Å²) in [5.41, 5.74) is 8.03. The fraction of sp³-hybridized carbons (Fsp3) is 0.143. The van der Waals surface area contributed by atoms with Gasteiger partial charge in [-0.25, -0.2) is 4.39 Å². The van der Waals surface area contributed by atoms with Gasteiger partial charge in [0.1, 0.15) is 5.82 Å². The van der Waals surface area contributed by atoms with Gasteiger partial charge in [0.25, 0.3) is 0 Å². The van der Waals surface area contributed by atoms with Crippen LogP contribution in [0.5, 0.6) is 0 Å². The molecule has 1 unspecified atom stereocenters. The van der Waals surface area contributed by atoms with Crippen LogP contribution in [-0.4, -0.2) is 0 Å². The monoisotopic (exact) mass is 215 g/mol. The van der Waals surface area contributed by atoms with Gasteiger partial charge < -0.3 is 5.73 Å². The molecule has 16 heavy (non-hydrogen) atoms. The molecule has 1 atom stereocenters. The molecule has 1 nitrogen and oxygen atoms in total. The van der Waals surface area contributed by atoms with Crippen molar-refractivity contribution in [2.45, 2.75) is 12.5 Å². The predicted octanol–water partition coefficient (Wildman–Crippen LogP) is 3.07. The summed E-state index contributed by atoms with van der Waals surface area (Å²) in [5.74, 6) is -0.235. The summed E-state index contributed by atoms with van der Waals surface area (Å²) in [7, 11) is 0. The SMILES string of the molecule is NC(Cc1ccccc1)c1cccc(F)c1. The fourth-order valence-corrected chi connectivity index (χ4v) is 1.72. The average molecular weight is 215 g/mol. The Morgan fingerprint density at radius 2 is 1.75 bits per heavy atom. The van der Waals surface area contributed by atoms with Crippen LogP contribution in [0.1, 0.15) is 17.2 Å². The molecule has 2 rings (SSSR count). The van der Waals surface area contributed by atoms with E-state index in [9.17, 15) is 4.39 Å². The summed E-state index contributed by atoms with van der Waals surface area (Å²) in [6.45, 7) is 0. The lowest BCUT2D eigenvalue weighted by Gasteiger charge is -2.12. The van der Waals surface area contributed by atoms with E-state index in [0.717, 1.165) is 12.0 Å². The van der Waals surface area contributed by atoms with E-state index in [1.807, 2.05) is 36.4 Å². The van der Waals surface area contributed by atoms with Crippen LogP contribution >= 0.6 is 0 Å². The second-order valence-electron chi connectivity index (χ2n) is 3.85. The van der Waals surface area contributed by atoms with Gasteiger partial charge in [-0.05, 0) is 29.7 Å². The van der Waals surface area contributed by atoms with Crippen LogP contribution < -0.4 is 5.73 Å². The first-order chi connectivity index (χ1) is 7.75. The molecule has 2 N–H and O–H groups in total. The standard InChI is InChI=1S/C14H14FN/c15-13-8-4-7-12(10-13)14(16)9-11-5-2-1-3-6-11/h1-8,10,14H,9,16H2. The second-order valence-corrected chi connectivity index (χ2v) is 3.85. The Labute approximate surface area is 94.7 Å². The minimum absolute atomic E-state index is 0.155. The lowest BCUT2D eigenvalue weighted by atomic mass is 10.00. The van der Waals surface area contributed by atoms with E-state index in [0.29, 0.717) is 0 Å². The topological polar surface area (TPSA) is 26.0 Å². The Morgan fingerprint density at radius 3 is 2.44 bits per heavy atom. The third-order valence-corrected chi connectivity index (χ3v) is 2.58. The Bertz CT molecular complexity index is 453. The number of benzene rings is 2. The molecule has 0 aromatic heterocycles. The van der Waals surface area contributed by atoms with E-state index in [4.69, 9.17) is 5.73 Å². The van der Waals surface area contributed by atoms with Gasteiger partial charge in [0.2, 0.25) is 0 Å². The van der Waals surface area contributed by atoms with Gasteiger partial charge in [0, 0.05) is 6.04 Å². The third kappa shape index (κ3) is 2.67. The van der Waals surface area contributed by atoms with Crippen LogP contribution in [0.2, 0.25) is 0 Å². The highest BCUT2D eigenvalue weighted by atomic mass is 19.1. The third-order valence-electron chi connectivity index (χ3n) is 2.58. The van der Waals surface area contributed by atoms with E-state index in [2.05, 4.69) is 0 Å². The van der Waals surface area contributed by atoms with Gasteiger partial charge >= 0.3 is 0 Å². The zero-order chi connectivity index (χ0) is 11.4. The van der Waals surface area contributed by atoms with E-state index in [1.54, 1.807) is 6.07 Å². The van der Waals surface area contributed by atoms with Crippen molar-refractivity contribution in [1.82, 2.24) is 0 Å². The van der Waals surface area contributed by atoms with Crippen molar-refractivity contribution in [3.8, 4) is 0 Å². The summed E-state index contributed by atoms with van der Waals surface area (Å²) >= 11 is 0. The van der Waals surface area contributed by atoms with Gasteiger partial charge in [-0.2, -0.15) is 0 Å². The largest absolute Gasteiger partial charge is 0.324 e. The molecule has 0 saturated heterocycles. The molecule has 0 radical (unpaired) electrons. The van der Waals surface area contributed by atoms with Crippen LogP contribution in [0.4, 0.5) is 4.39 Å². The summed E-state index contributed by atoms with van der Waals surface area (Å²) in [5, 5.41) is 0. The van der Waals surface area contributed by atoms with Gasteiger partial charge in [0.05, 0.1) is 0 Å². The highest BCUT2D eigenvalue weighted by Crippen LogP contribution is 2.16. The van der Waals surface area contributed by atoms with Crippen molar-refractivity contribution in [3.05, 3.63) is 71.5 Å². The number of nitrogens with two attached hydrogens (primary N) is 1. The molecule has 0 aliphatic carbocycles. The maximum Gasteiger partial charge on any atom is 0.123 e. The number of rotatable bonds is 3. The molecular formula is C14H14FN. The Morgan fingerprint density at radius 1 is 1.00 bits per heavy atom. The van der Waals surface area contributed by atoms with E-state index < -0.39 is 0 Å². The number of hydrogen-bond donors (Lipinski definition) is 1. The van der Waals surface area contributed by atoms with Crippen molar-refractivity contribution in [3.63, 3.8) is 0 Å². The minimum Gasteiger partial charge on any atom is -0.324 e. The Kier molecular flexibility index (Phi) is 3.32. The van der Waals surface area contributed by atoms with Gasteiger partial charge in [-0.1, -0.05) is 42.5 Å². The van der Waals surface area contributed by atoms with Crippen molar-refractivity contribution in [2.75, 3.05) is 0 Å². The van der Waals surface area contributed by atoms with Gasteiger partial charge in [0.15, 0.2) is 0 Å². The molecule has 2 aromatic rings. The summed E-state index contributed by atoms with van der Waals surface area (Å²) in [6, 6.07) is 16.3. The molecule has 2 heteroatoms. The first kappa shape index (κ1) is 10.8. The van der Waals surface area contributed by atoms with E-state index >= 15 is 0 Å². The molecule has 0 fully saturated rings. The molecule has 0 bridgehead atoms. The first-order valence-electron chi connectivity index (χ1n) is 5.30. The first-order valence-corrected chi connectivity index (χ1v) is 5.30. The zero-order valence-corrected chi connectivity index (χ0v) is 8.94. The zero-order valence-electron chi connectivity index (χ0n) is 8.94. The number of halogens is 1. The quantitative estimate of drug-likeness (QED) is 0.836. The summed E-state index contributed by atoms with van der Waals surface area (Å²) in [4.78, 5) is 0. The normalized spacial score (nSPS) is 12.4. The maximum atomic E-state index is 13.0. The molecule has 0 spiro atoms.